The molecular formula is C19H21N5O4S. The van der Waals surface area contributed by atoms with Crippen LogP contribution in [0.15, 0.2) is 29.8 Å². The Kier molecular flexibility index (Phi) is 6.13. The third-order valence-corrected chi connectivity index (χ3v) is 5.14. The zero-order valence-corrected chi connectivity index (χ0v) is 16.9. The van der Waals surface area contributed by atoms with Gasteiger partial charge in [0.15, 0.2) is 0 Å². The molecule has 0 radical (unpaired) electrons. The molecule has 1 saturated heterocycles. The van der Waals surface area contributed by atoms with Crippen LogP contribution in [0.1, 0.15) is 0 Å². The summed E-state index contributed by atoms with van der Waals surface area (Å²) < 4.78 is 21.6. The predicted molar refractivity (Wildman–Crippen MR) is 109 cm³/mol. The molecule has 0 spiro atoms. The molecule has 1 fully saturated rings. The molecule has 0 saturated carbocycles. The Balaban J connectivity index is 1.67. The molecule has 0 aromatic carbocycles. The van der Waals surface area contributed by atoms with Crippen LogP contribution in [0.2, 0.25) is 0 Å². The lowest BCUT2D eigenvalue weighted by Crippen LogP contribution is -2.34. The van der Waals surface area contributed by atoms with E-state index >= 15 is 0 Å². The lowest BCUT2D eigenvalue weighted by Gasteiger charge is -2.23. The van der Waals surface area contributed by atoms with Gasteiger partial charge in [-0.2, -0.15) is 9.97 Å². The van der Waals surface area contributed by atoms with Crippen molar-refractivity contribution in [2.45, 2.75) is 6.10 Å². The maximum absolute atomic E-state index is 5.66. The molecule has 3 aromatic rings. The summed E-state index contributed by atoms with van der Waals surface area (Å²) >= 11 is 1.59. The van der Waals surface area contributed by atoms with E-state index in [9.17, 15) is 0 Å². The van der Waals surface area contributed by atoms with Crippen LogP contribution in [-0.2, 0) is 9.47 Å². The zero-order chi connectivity index (χ0) is 20.1. The molecule has 9 nitrogen and oxygen atoms in total. The summed E-state index contributed by atoms with van der Waals surface area (Å²) in [5.74, 6) is 0.917. The van der Waals surface area contributed by atoms with E-state index in [1.165, 1.54) is 7.11 Å². The summed E-state index contributed by atoms with van der Waals surface area (Å²) in [5, 5.41) is 5.24. The highest BCUT2D eigenvalue weighted by molar-refractivity contribution is 7.13. The quantitative estimate of drug-likeness (QED) is 0.624. The van der Waals surface area contributed by atoms with Gasteiger partial charge in [-0.05, 0) is 11.4 Å². The molecule has 152 valence electrons. The van der Waals surface area contributed by atoms with Gasteiger partial charge in [0, 0.05) is 24.4 Å². The largest absolute Gasteiger partial charge is 0.481 e. The summed E-state index contributed by atoms with van der Waals surface area (Å²) in [7, 11) is 3.06. The SMILES string of the molecule is COc1cc(-c2cnc(NCC3COCCO3)nc2-c2cccs2)nc(OC)n1. The molecule has 0 aliphatic carbocycles. The fraction of sp³-hybridized carbons (Fsp3) is 0.368. The van der Waals surface area contributed by atoms with Crippen LogP contribution in [0, 0.1) is 0 Å². The van der Waals surface area contributed by atoms with Crippen LogP contribution in [0.25, 0.3) is 21.8 Å². The van der Waals surface area contributed by atoms with E-state index in [0.717, 1.165) is 16.1 Å². The van der Waals surface area contributed by atoms with E-state index in [4.69, 9.17) is 23.9 Å². The van der Waals surface area contributed by atoms with Gasteiger partial charge in [-0.3, -0.25) is 0 Å². The van der Waals surface area contributed by atoms with E-state index in [0.29, 0.717) is 43.9 Å². The Morgan fingerprint density at radius 1 is 1.21 bits per heavy atom. The van der Waals surface area contributed by atoms with E-state index in [1.807, 2.05) is 17.5 Å². The third kappa shape index (κ3) is 4.61. The number of nitrogens with zero attached hydrogens (tertiary/aromatic N) is 4. The number of rotatable bonds is 7. The van der Waals surface area contributed by atoms with E-state index in [-0.39, 0.29) is 12.1 Å². The van der Waals surface area contributed by atoms with Crippen molar-refractivity contribution in [3.05, 3.63) is 29.8 Å². The van der Waals surface area contributed by atoms with Crippen LogP contribution in [0.3, 0.4) is 0 Å². The van der Waals surface area contributed by atoms with Crippen molar-refractivity contribution < 1.29 is 18.9 Å². The highest BCUT2D eigenvalue weighted by Crippen LogP contribution is 2.34. The Bertz CT molecular complexity index is 926. The number of aromatic nitrogens is 4. The van der Waals surface area contributed by atoms with Crippen molar-refractivity contribution >= 4 is 17.3 Å². The van der Waals surface area contributed by atoms with Crippen molar-refractivity contribution in [1.29, 1.82) is 0 Å². The smallest absolute Gasteiger partial charge is 0.320 e. The van der Waals surface area contributed by atoms with Crippen molar-refractivity contribution in [2.24, 2.45) is 0 Å². The molecule has 1 unspecified atom stereocenters. The molecule has 1 atom stereocenters. The average molecular weight is 415 g/mol. The van der Waals surface area contributed by atoms with Crippen LogP contribution < -0.4 is 14.8 Å². The van der Waals surface area contributed by atoms with Crippen molar-refractivity contribution in [3.8, 4) is 33.7 Å². The average Bonchev–Trinajstić information content (AvgIpc) is 3.32. The first-order valence-electron chi connectivity index (χ1n) is 9.08. The van der Waals surface area contributed by atoms with Gasteiger partial charge in [-0.15, -0.1) is 11.3 Å². The minimum atomic E-state index is -0.0207. The first-order chi connectivity index (χ1) is 14.3. The minimum Gasteiger partial charge on any atom is -0.481 e. The van der Waals surface area contributed by atoms with E-state index < -0.39 is 0 Å². The Hall–Kier alpha value is -2.82. The predicted octanol–water partition coefficient (Wildman–Crippen LogP) is 2.51. The molecule has 0 amide bonds. The topological polar surface area (TPSA) is 101 Å². The van der Waals surface area contributed by atoms with Crippen molar-refractivity contribution in [3.63, 3.8) is 0 Å². The van der Waals surface area contributed by atoms with Gasteiger partial charge in [0.25, 0.3) is 0 Å². The van der Waals surface area contributed by atoms with Gasteiger partial charge in [-0.1, -0.05) is 6.07 Å². The summed E-state index contributed by atoms with van der Waals surface area (Å²) in [6, 6.07) is 5.94. The van der Waals surface area contributed by atoms with Gasteiger partial charge in [0.1, 0.15) is 0 Å². The zero-order valence-electron chi connectivity index (χ0n) is 16.1. The second-order valence-corrected chi connectivity index (χ2v) is 7.11. The summed E-state index contributed by atoms with van der Waals surface area (Å²) in [4.78, 5) is 18.8. The second-order valence-electron chi connectivity index (χ2n) is 6.16. The maximum atomic E-state index is 5.66. The molecule has 4 rings (SSSR count). The summed E-state index contributed by atoms with van der Waals surface area (Å²) in [6.45, 7) is 2.36. The van der Waals surface area contributed by atoms with E-state index in [2.05, 4.69) is 20.3 Å². The van der Waals surface area contributed by atoms with Gasteiger partial charge in [0.2, 0.25) is 11.8 Å². The maximum Gasteiger partial charge on any atom is 0.320 e. The molecule has 29 heavy (non-hydrogen) atoms. The molecule has 1 aliphatic heterocycles. The number of nitrogens with one attached hydrogen (secondary N) is 1. The van der Waals surface area contributed by atoms with Gasteiger partial charge in [0.05, 0.1) is 56.4 Å². The number of ether oxygens (including phenoxy) is 4. The molecule has 3 aromatic heterocycles. The number of methoxy groups -OCH3 is 2. The normalized spacial score (nSPS) is 16.4. The fourth-order valence-electron chi connectivity index (χ4n) is 2.85. The standard InChI is InChI=1S/C19H21N5O4S/c1-25-16-8-14(22-19(23-16)26-2)13-10-21-18(20-9-12-11-27-5-6-28-12)24-17(13)15-4-3-7-29-15/h3-4,7-8,10,12H,5-6,9,11H2,1-2H3,(H,20,21,24). The first kappa shape index (κ1) is 19.5. The van der Waals surface area contributed by atoms with Gasteiger partial charge in [-0.25, -0.2) is 9.97 Å². The number of hydrogen-bond donors (Lipinski definition) is 1. The summed E-state index contributed by atoms with van der Waals surface area (Å²) in [6.07, 6.45) is 1.72. The van der Waals surface area contributed by atoms with Crippen LogP contribution in [0.5, 0.6) is 11.9 Å². The van der Waals surface area contributed by atoms with Crippen LogP contribution in [-0.4, -0.2) is 66.6 Å². The van der Waals surface area contributed by atoms with Crippen molar-refractivity contribution in [2.75, 3.05) is 45.9 Å². The van der Waals surface area contributed by atoms with Gasteiger partial charge >= 0.3 is 6.01 Å². The molecule has 10 heteroatoms. The van der Waals surface area contributed by atoms with Gasteiger partial charge < -0.3 is 24.3 Å². The monoisotopic (exact) mass is 415 g/mol. The van der Waals surface area contributed by atoms with Crippen LogP contribution in [0.4, 0.5) is 5.95 Å². The second kappa shape index (κ2) is 9.12. The lowest BCUT2D eigenvalue weighted by molar-refractivity contribution is -0.0819. The highest BCUT2D eigenvalue weighted by Gasteiger charge is 2.18. The first-order valence-corrected chi connectivity index (χ1v) is 9.96. The number of anilines is 1. The molecule has 4 heterocycles. The lowest BCUT2D eigenvalue weighted by atomic mass is 10.1. The Morgan fingerprint density at radius 3 is 2.86 bits per heavy atom. The number of hydrogen-bond acceptors (Lipinski definition) is 10. The highest BCUT2D eigenvalue weighted by atomic mass is 32.1. The Labute approximate surface area is 172 Å². The molecule has 0 bridgehead atoms. The third-order valence-electron chi connectivity index (χ3n) is 4.27. The Morgan fingerprint density at radius 2 is 2.14 bits per heavy atom. The molecule has 1 N–H and O–H groups in total. The summed E-state index contributed by atoms with van der Waals surface area (Å²) in [5.41, 5.74) is 2.14. The van der Waals surface area contributed by atoms with E-state index in [1.54, 1.807) is 30.7 Å². The molecule has 1 aliphatic rings. The number of thiophene rings is 1. The molecular weight excluding hydrogens is 394 g/mol. The fourth-order valence-corrected chi connectivity index (χ4v) is 3.58. The van der Waals surface area contributed by atoms with Crippen LogP contribution >= 0.6 is 11.3 Å². The van der Waals surface area contributed by atoms with Crippen molar-refractivity contribution in [1.82, 2.24) is 19.9 Å². The minimum absolute atomic E-state index is 0.0207.